The van der Waals surface area contributed by atoms with Crippen LogP contribution in [0.5, 0.6) is 0 Å². The standard InChI is InChI=1S/C10H26O3Si3.C8H18O3Si3/c1-7-15(8-2)11-14(5,6)12-16(9-3,10-4)13-15;1-7-14(8-2)10-12(3,4)9-13(5,6)11-14/h7-10H2,1-6H3;7-8H,1-2H2,3-6H3. The van der Waals surface area contributed by atoms with Crippen LogP contribution >= 0.6 is 0 Å². The Morgan fingerprint density at radius 2 is 0.800 bits per heavy atom. The first-order valence-corrected chi connectivity index (χ1v) is 26.0. The van der Waals surface area contributed by atoms with Crippen molar-refractivity contribution in [2.45, 2.75) is 91.2 Å². The van der Waals surface area contributed by atoms with Gasteiger partial charge in [-0.25, -0.2) is 0 Å². The summed E-state index contributed by atoms with van der Waals surface area (Å²) in [5.41, 5.74) is 3.57. The van der Waals surface area contributed by atoms with Crippen LogP contribution in [0.15, 0.2) is 24.6 Å². The highest BCUT2D eigenvalue weighted by atomic mass is 28.5. The average molecular weight is 525 g/mol. The van der Waals surface area contributed by atoms with E-state index in [4.69, 9.17) is 24.7 Å². The fourth-order valence-corrected chi connectivity index (χ4v) is 35.2. The first-order valence-electron chi connectivity index (χ1n) is 11.1. The molecule has 2 aliphatic rings. The fourth-order valence-electron chi connectivity index (χ4n) is 4.05. The zero-order chi connectivity index (χ0) is 23.5. The van der Waals surface area contributed by atoms with Crippen LogP contribution in [0.1, 0.15) is 27.7 Å². The minimum atomic E-state index is -2.38. The van der Waals surface area contributed by atoms with Crippen LogP contribution < -0.4 is 0 Å². The summed E-state index contributed by atoms with van der Waals surface area (Å²) < 4.78 is 36.8. The predicted octanol–water partition coefficient (Wildman–Crippen LogP) is 6.06. The highest BCUT2D eigenvalue weighted by Gasteiger charge is 2.56. The van der Waals surface area contributed by atoms with Crippen LogP contribution in [-0.4, -0.2) is 51.4 Å². The van der Waals surface area contributed by atoms with Gasteiger partial charge in [-0.1, -0.05) is 27.7 Å². The monoisotopic (exact) mass is 524 g/mol. The molecule has 0 atom stereocenters. The Balaban J connectivity index is 0.000000303. The zero-order valence-corrected chi connectivity index (χ0v) is 26.8. The van der Waals surface area contributed by atoms with Crippen LogP contribution in [-0.2, 0) is 24.7 Å². The lowest BCUT2D eigenvalue weighted by Crippen LogP contribution is -2.67. The minimum Gasteiger partial charge on any atom is -0.416 e. The van der Waals surface area contributed by atoms with E-state index >= 15 is 0 Å². The van der Waals surface area contributed by atoms with Gasteiger partial charge in [0.1, 0.15) is 0 Å². The Bertz CT molecular complexity index is 556. The molecule has 0 aromatic heterocycles. The Hall–Kier alpha value is 0.541. The summed E-state index contributed by atoms with van der Waals surface area (Å²) in [6, 6.07) is 4.21. The van der Waals surface area contributed by atoms with Crippen LogP contribution in [0.2, 0.25) is 63.5 Å². The van der Waals surface area contributed by atoms with Crippen molar-refractivity contribution in [3.05, 3.63) is 24.6 Å². The van der Waals surface area contributed by atoms with Gasteiger partial charge in [-0.15, -0.1) is 13.2 Å². The molecule has 2 rings (SSSR count). The normalized spacial score (nSPS) is 27.3. The zero-order valence-electron chi connectivity index (χ0n) is 20.8. The maximum absolute atomic E-state index is 6.46. The van der Waals surface area contributed by atoms with Crippen LogP contribution in [0.25, 0.3) is 0 Å². The molecule has 0 bridgehead atoms. The smallest absolute Gasteiger partial charge is 0.373 e. The summed E-state index contributed by atoms with van der Waals surface area (Å²) in [5.74, 6) is 0. The van der Waals surface area contributed by atoms with E-state index in [0.717, 1.165) is 24.2 Å². The van der Waals surface area contributed by atoms with Gasteiger partial charge < -0.3 is 24.7 Å². The van der Waals surface area contributed by atoms with E-state index in [9.17, 15) is 0 Å². The van der Waals surface area contributed by atoms with Crippen molar-refractivity contribution in [1.29, 1.82) is 0 Å². The summed E-state index contributed by atoms with van der Waals surface area (Å²) in [5, 5.41) is 0. The third kappa shape index (κ3) is 7.28. The minimum absolute atomic E-state index is 1.05. The molecule has 0 saturated carbocycles. The summed E-state index contributed by atoms with van der Waals surface area (Å²) in [6.45, 7) is 28.9. The second kappa shape index (κ2) is 10.2. The molecule has 2 heterocycles. The molecular weight excluding hydrogens is 481 g/mol. The predicted molar refractivity (Wildman–Crippen MR) is 139 cm³/mol. The molecule has 0 aliphatic carbocycles. The molecule has 2 fully saturated rings. The van der Waals surface area contributed by atoms with Crippen LogP contribution in [0.3, 0.4) is 0 Å². The van der Waals surface area contributed by atoms with Crippen LogP contribution in [0, 0.1) is 0 Å². The summed E-state index contributed by atoms with van der Waals surface area (Å²) >= 11 is 0. The molecule has 30 heavy (non-hydrogen) atoms. The van der Waals surface area contributed by atoms with E-state index < -0.39 is 51.4 Å². The van der Waals surface area contributed by atoms with Crippen molar-refractivity contribution in [2.24, 2.45) is 0 Å². The van der Waals surface area contributed by atoms with Crippen LogP contribution in [0.4, 0.5) is 0 Å². The molecule has 6 nitrogen and oxygen atoms in total. The Labute approximate surface area is 191 Å². The maximum Gasteiger partial charge on any atom is 0.373 e. The first-order chi connectivity index (χ1) is 13.6. The van der Waals surface area contributed by atoms with Crippen molar-refractivity contribution in [3.63, 3.8) is 0 Å². The van der Waals surface area contributed by atoms with E-state index in [-0.39, 0.29) is 0 Å². The second-order valence-corrected chi connectivity index (χ2v) is 31.2. The highest BCUT2D eigenvalue weighted by molar-refractivity contribution is 6.97. The molecule has 0 aromatic rings. The largest absolute Gasteiger partial charge is 0.416 e. The molecule has 0 radical (unpaired) electrons. The maximum atomic E-state index is 6.46. The molecule has 0 aromatic carbocycles. The lowest BCUT2D eigenvalue weighted by Gasteiger charge is -2.50. The Kier molecular flexibility index (Phi) is 9.73. The quantitative estimate of drug-likeness (QED) is 0.394. The molecule has 2 saturated heterocycles. The van der Waals surface area contributed by atoms with Gasteiger partial charge in [0.15, 0.2) is 0 Å². The Morgan fingerprint density at radius 3 is 1.07 bits per heavy atom. The average Bonchev–Trinajstić information content (AvgIpc) is 2.64. The van der Waals surface area contributed by atoms with Gasteiger partial charge in [0.25, 0.3) is 0 Å². The van der Waals surface area contributed by atoms with Gasteiger partial charge in [-0.3, -0.25) is 0 Å². The van der Waals surface area contributed by atoms with E-state index in [2.05, 4.69) is 53.9 Å². The SMILES string of the molecule is C=C[Si]1(C=C)O[Si](C)(C)O[Si](C)(C)O1.CC[Si]1(CC)O[Si](C)(C)O[Si](CC)(CC)O1. The van der Waals surface area contributed by atoms with Crippen molar-refractivity contribution >= 4 is 51.4 Å². The van der Waals surface area contributed by atoms with Crippen molar-refractivity contribution < 1.29 is 24.7 Å². The lowest BCUT2D eigenvalue weighted by molar-refractivity contribution is 0.220. The van der Waals surface area contributed by atoms with Crippen molar-refractivity contribution in [1.82, 2.24) is 0 Å². The van der Waals surface area contributed by atoms with Gasteiger partial charge in [0, 0.05) is 0 Å². The first kappa shape index (κ1) is 28.6. The number of hydrogen-bond acceptors (Lipinski definition) is 6. The summed E-state index contributed by atoms with van der Waals surface area (Å²) in [6.07, 6.45) is 0. The third-order valence-corrected chi connectivity index (χ3v) is 31.0. The Morgan fingerprint density at radius 1 is 0.500 bits per heavy atom. The van der Waals surface area contributed by atoms with E-state index in [0.29, 0.717) is 0 Å². The molecule has 2 aliphatic heterocycles. The van der Waals surface area contributed by atoms with Gasteiger partial charge >= 0.3 is 51.4 Å². The van der Waals surface area contributed by atoms with E-state index in [1.165, 1.54) is 0 Å². The van der Waals surface area contributed by atoms with Crippen molar-refractivity contribution in [3.8, 4) is 0 Å². The third-order valence-electron chi connectivity index (χ3n) is 5.26. The number of hydrogen-bond donors (Lipinski definition) is 0. The lowest BCUT2D eigenvalue weighted by atomic mass is 10.9. The summed E-state index contributed by atoms with van der Waals surface area (Å²) in [7, 11) is -12.3. The van der Waals surface area contributed by atoms with Gasteiger partial charge in [0.05, 0.1) is 0 Å². The van der Waals surface area contributed by atoms with E-state index in [1.54, 1.807) is 11.4 Å². The van der Waals surface area contributed by atoms with Crippen molar-refractivity contribution in [2.75, 3.05) is 0 Å². The van der Waals surface area contributed by atoms with E-state index in [1.807, 2.05) is 26.2 Å². The second-order valence-electron chi connectivity index (χ2n) is 9.18. The molecule has 0 unspecified atom stereocenters. The summed E-state index contributed by atoms with van der Waals surface area (Å²) in [4.78, 5) is 0. The molecule has 176 valence electrons. The van der Waals surface area contributed by atoms with Gasteiger partial charge in [0.2, 0.25) is 0 Å². The van der Waals surface area contributed by atoms with Gasteiger partial charge in [-0.2, -0.15) is 0 Å². The fraction of sp³-hybridized carbons (Fsp3) is 0.778. The topological polar surface area (TPSA) is 55.4 Å². The molecule has 12 heteroatoms. The molecule has 0 amide bonds. The van der Waals surface area contributed by atoms with Gasteiger partial charge in [-0.05, 0) is 74.9 Å². The highest BCUT2D eigenvalue weighted by Crippen LogP contribution is 2.38. The molecule has 0 spiro atoms. The number of rotatable bonds is 6. The molecule has 0 N–H and O–H groups in total. The molecular formula is C18H44O6Si6.